The molecule has 4 nitrogen and oxygen atoms in total. The zero-order valence-electron chi connectivity index (χ0n) is 21.3. The van der Waals surface area contributed by atoms with Crippen LogP contribution in [0.4, 0.5) is 13.2 Å². The third-order valence-corrected chi connectivity index (χ3v) is 5.78. The summed E-state index contributed by atoms with van der Waals surface area (Å²) in [5.41, 5.74) is 2.87. The zero-order valence-corrected chi connectivity index (χ0v) is 21.3. The summed E-state index contributed by atoms with van der Waals surface area (Å²) in [6.07, 6.45) is 0.228. The predicted octanol–water partition coefficient (Wildman–Crippen LogP) is 5.95. The van der Waals surface area contributed by atoms with Gasteiger partial charge in [-0.1, -0.05) is 72.4 Å². The van der Waals surface area contributed by atoms with Gasteiger partial charge in [-0.25, -0.2) is 4.98 Å². The highest BCUT2D eigenvalue weighted by molar-refractivity contribution is 6.86. The first-order valence-electron chi connectivity index (χ1n) is 12.4. The highest BCUT2D eigenvalue weighted by atomic mass is 19.4. The molecule has 0 saturated carbocycles. The van der Waals surface area contributed by atoms with Gasteiger partial charge in [0.15, 0.2) is 0 Å². The molecule has 0 bridgehead atoms. The van der Waals surface area contributed by atoms with Crippen LogP contribution >= 0.6 is 0 Å². The molecule has 3 aromatic carbocycles. The lowest BCUT2D eigenvalue weighted by Crippen LogP contribution is -2.54. The van der Waals surface area contributed by atoms with Gasteiger partial charge < -0.3 is 14.5 Å². The maximum atomic E-state index is 13.6. The van der Waals surface area contributed by atoms with Gasteiger partial charge in [0.05, 0.1) is 19.5 Å². The Kier molecular flexibility index (Phi) is 10.2. The first kappa shape index (κ1) is 27.9. The Morgan fingerprint density at radius 3 is 1.86 bits per heavy atom. The number of rotatable bonds is 9. The first-order chi connectivity index (χ1) is 17.8. The molecule has 37 heavy (non-hydrogen) atoms. The van der Waals surface area contributed by atoms with E-state index in [9.17, 15) is 13.2 Å². The molecular formula is C29H32BF3N2O2. The molecule has 1 N–H and O–H groups in total. The van der Waals surface area contributed by atoms with Crippen molar-refractivity contribution in [2.24, 2.45) is 0 Å². The average Bonchev–Trinajstić information content (AvgIpc) is 3.38. The molecule has 0 radical (unpaired) electrons. The lowest BCUT2D eigenvalue weighted by molar-refractivity contribution is -0.0483. The Morgan fingerprint density at radius 2 is 1.41 bits per heavy atom. The molecule has 4 aromatic rings. The van der Waals surface area contributed by atoms with Crippen LogP contribution in [0.15, 0.2) is 91.4 Å². The van der Waals surface area contributed by atoms with Gasteiger partial charge in [-0.05, 0) is 56.0 Å². The fraction of sp³-hybridized carbons (Fsp3) is 0.276. The number of H-pyrrole nitrogens is 1. The monoisotopic (exact) mass is 508 g/mol. The molecule has 4 rings (SSSR count). The van der Waals surface area contributed by atoms with Crippen molar-refractivity contribution in [3.8, 4) is 11.5 Å². The summed E-state index contributed by atoms with van der Waals surface area (Å²) in [5.74, 6) is 1.40. The Bertz CT molecular complexity index is 1150. The number of aromatic nitrogens is 2. The van der Waals surface area contributed by atoms with Crippen LogP contribution in [0.1, 0.15) is 37.9 Å². The largest absolute Gasteiger partial charge is 0.494 e. The van der Waals surface area contributed by atoms with Gasteiger partial charge in [-0.2, -0.15) is 13.2 Å². The summed E-state index contributed by atoms with van der Waals surface area (Å²) >= 11 is 0. The number of ether oxygens (including phenoxy) is 2. The summed E-state index contributed by atoms with van der Waals surface area (Å²) in [6.45, 7) is 4.90. The van der Waals surface area contributed by atoms with Gasteiger partial charge in [-0.3, -0.25) is 0 Å². The average molecular weight is 508 g/mol. The Labute approximate surface area is 217 Å². The van der Waals surface area contributed by atoms with Crippen LogP contribution < -0.4 is 20.4 Å². The van der Waals surface area contributed by atoms with Gasteiger partial charge in [-0.15, -0.1) is 0 Å². The fourth-order valence-corrected chi connectivity index (χ4v) is 4.10. The third-order valence-electron chi connectivity index (χ3n) is 5.78. The SMILES string of the molecule is CC(Cc1cnc[nH]1)c1ccccc1.CCOc1cccc(B(c2cccc(OCC)c2)C(F)(F)F)c1. The molecule has 0 aliphatic heterocycles. The molecule has 0 aliphatic carbocycles. The molecule has 0 saturated heterocycles. The van der Waals surface area contributed by atoms with Crippen molar-refractivity contribution < 1.29 is 22.6 Å². The molecule has 8 heteroatoms. The van der Waals surface area contributed by atoms with E-state index in [0.29, 0.717) is 30.6 Å². The van der Waals surface area contributed by atoms with Crippen molar-refractivity contribution in [3.63, 3.8) is 0 Å². The highest BCUT2D eigenvalue weighted by Crippen LogP contribution is 2.22. The number of aromatic amines is 1. The van der Waals surface area contributed by atoms with E-state index in [1.165, 1.54) is 35.5 Å². The molecular weight excluding hydrogens is 476 g/mol. The molecule has 194 valence electrons. The van der Waals surface area contributed by atoms with E-state index in [0.717, 1.165) is 6.42 Å². The number of nitrogens with one attached hydrogen (secondary N) is 1. The zero-order chi connectivity index (χ0) is 26.7. The van der Waals surface area contributed by atoms with Crippen LogP contribution in [-0.2, 0) is 6.42 Å². The third kappa shape index (κ3) is 8.45. The minimum atomic E-state index is -4.41. The van der Waals surface area contributed by atoms with Gasteiger partial charge in [0, 0.05) is 11.9 Å². The second-order valence-corrected chi connectivity index (χ2v) is 8.58. The van der Waals surface area contributed by atoms with Crippen LogP contribution in [0.2, 0.25) is 0 Å². The standard InChI is InChI=1S/C17H18BF3O2.C12H14N2/c1-3-22-15-9-5-7-13(11-15)18(17(19,20)21)14-8-6-10-16(12-14)23-4-2;1-10(7-12-8-13-9-14-12)11-5-3-2-4-6-11/h5-12H,3-4H2,1-2H3;2-6,8-10H,7H2,1H3,(H,13,14). The maximum absolute atomic E-state index is 13.6. The predicted molar refractivity (Wildman–Crippen MR) is 143 cm³/mol. The number of hydrogen-bond donors (Lipinski definition) is 1. The van der Waals surface area contributed by atoms with E-state index in [2.05, 4.69) is 41.2 Å². The maximum Gasteiger partial charge on any atom is 0.356 e. The fourth-order valence-electron chi connectivity index (χ4n) is 4.10. The van der Waals surface area contributed by atoms with Crippen LogP contribution in [-0.4, -0.2) is 36.0 Å². The number of benzene rings is 3. The van der Waals surface area contributed by atoms with Gasteiger partial charge in [0.2, 0.25) is 0 Å². The summed E-state index contributed by atoms with van der Waals surface area (Å²) in [6, 6.07) is 22.8. The minimum absolute atomic E-state index is 0.150. The lowest BCUT2D eigenvalue weighted by Gasteiger charge is -2.19. The van der Waals surface area contributed by atoms with Crippen molar-refractivity contribution in [1.29, 1.82) is 0 Å². The number of nitrogens with zero attached hydrogens (tertiary/aromatic N) is 1. The minimum Gasteiger partial charge on any atom is -0.494 e. The van der Waals surface area contributed by atoms with Crippen molar-refractivity contribution in [2.45, 2.75) is 39.2 Å². The van der Waals surface area contributed by atoms with Crippen LogP contribution in [0.5, 0.6) is 11.5 Å². The number of hydrogen-bond acceptors (Lipinski definition) is 3. The molecule has 1 aromatic heterocycles. The van der Waals surface area contributed by atoms with Crippen LogP contribution in [0.3, 0.4) is 0 Å². The van der Waals surface area contributed by atoms with E-state index in [1.54, 1.807) is 44.4 Å². The first-order valence-corrected chi connectivity index (χ1v) is 12.4. The second-order valence-electron chi connectivity index (χ2n) is 8.58. The molecule has 0 aliphatic rings. The molecule has 1 unspecified atom stereocenters. The second kappa shape index (κ2) is 13.6. The van der Waals surface area contributed by atoms with Crippen molar-refractivity contribution in [1.82, 2.24) is 9.97 Å². The number of imidazole rings is 1. The summed E-state index contributed by atoms with van der Waals surface area (Å²) in [5, 5.41) is 0. The molecule has 1 atom stereocenters. The van der Waals surface area contributed by atoms with Crippen LogP contribution in [0.25, 0.3) is 0 Å². The van der Waals surface area contributed by atoms with Crippen molar-refractivity contribution in [2.75, 3.05) is 13.2 Å². The van der Waals surface area contributed by atoms with Crippen molar-refractivity contribution in [3.05, 3.63) is 103 Å². The van der Waals surface area contributed by atoms with E-state index in [4.69, 9.17) is 9.47 Å². The summed E-state index contributed by atoms with van der Waals surface area (Å²) < 4.78 is 51.6. The van der Waals surface area contributed by atoms with E-state index >= 15 is 0 Å². The summed E-state index contributed by atoms with van der Waals surface area (Å²) in [7, 11) is 0. The Morgan fingerprint density at radius 1 is 0.838 bits per heavy atom. The molecule has 0 spiro atoms. The van der Waals surface area contributed by atoms with Gasteiger partial charge in [0.1, 0.15) is 11.5 Å². The highest BCUT2D eigenvalue weighted by Gasteiger charge is 2.46. The summed E-state index contributed by atoms with van der Waals surface area (Å²) in [4.78, 5) is 7.14. The quantitative estimate of drug-likeness (QED) is 0.284. The van der Waals surface area contributed by atoms with E-state index in [-0.39, 0.29) is 10.9 Å². The number of alkyl halides is 3. The van der Waals surface area contributed by atoms with Gasteiger partial charge >= 0.3 is 12.8 Å². The lowest BCUT2D eigenvalue weighted by atomic mass is 9.40. The van der Waals surface area contributed by atoms with Gasteiger partial charge in [0.25, 0.3) is 0 Å². The van der Waals surface area contributed by atoms with Crippen LogP contribution in [0, 0.1) is 0 Å². The molecule has 1 heterocycles. The van der Waals surface area contributed by atoms with E-state index in [1.807, 2.05) is 12.3 Å². The topological polar surface area (TPSA) is 47.1 Å². The molecule has 0 fully saturated rings. The Balaban J connectivity index is 0.000000231. The Hall–Kier alpha value is -3.68. The normalized spacial score (nSPS) is 11.7. The van der Waals surface area contributed by atoms with Crippen molar-refractivity contribution >= 4 is 17.6 Å². The molecule has 0 amide bonds. The smallest absolute Gasteiger partial charge is 0.356 e. The van der Waals surface area contributed by atoms with E-state index < -0.39 is 12.8 Å². The number of halogens is 3.